The number of alkyl halides is 3. The molecule has 4 aromatic rings. The highest BCUT2D eigenvalue weighted by Gasteiger charge is 2.31. The maximum atomic E-state index is 13.1. The molecule has 5 rings (SSSR count). The van der Waals surface area contributed by atoms with Gasteiger partial charge in [0.25, 0.3) is 0 Å². The SMILES string of the molecule is CCOCCN1CCN(c2cncc(-c3cn(-c4cc(CC(=O)c5cc(C(F)(F)F)ccn5)cnc4C)nn3)c2)CC1. The number of halogens is 3. The lowest BCUT2D eigenvalue weighted by Gasteiger charge is -2.35. The number of pyridine rings is 3. The van der Waals surface area contributed by atoms with Gasteiger partial charge in [-0.15, -0.1) is 5.10 Å². The van der Waals surface area contributed by atoms with Crippen LogP contribution < -0.4 is 4.90 Å². The number of carbonyl (C=O) groups excluding carboxylic acids is 1. The largest absolute Gasteiger partial charge is 0.416 e. The van der Waals surface area contributed by atoms with Gasteiger partial charge in [-0.2, -0.15) is 13.2 Å². The Morgan fingerprint density at radius 3 is 2.62 bits per heavy atom. The fraction of sp³-hybridized carbons (Fsp3) is 0.379. The predicted molar refractivity (Wildman–Crippen MR) is 150 cm³/mol. The minimum Gasteiger partial charge on any atom is -0.380 e. The Balaban J connectivity index is 1.28. The van der Waals surface area contributed by atoms with Crippen LogP contribution in [0.25, 0.3) is 16.9 Å². The molecule has 0 radical (unpaired) electrons. The lowest BCUT2D eigenvalue weighted by molar-refractivity contribution is -0.137. The van der Waals surface area contributed by atoms with Crippen LogP contribution in [0.15, 0.2) is 55.2 Å². The van der Waals surface area contributed by atoms with E-state index in [4.69, 9.17) is 4.74 Å². The van der Waals surface area contributed by atoms with E-state index in [-0.39, 0.29) is 12.1 Å². The molecule has 1 saturated heterocycles. The van der Waals surface area contributed by atoms with E-state index in [0.29, 0.717) is 22.6 Å². The number of ether oxygens (including phenoxy) is 1. The van der Waals surface area contributed by atoms with E-state index in [2.05, 4.69) is 35.1 Å². The number of hydrogen-bond donors (Lipinski definition) is 0. The van der Waals surface area contributed by atoms with Crippen LogP contribution in [0.2, 0.25) is 0 Å². The summed E-state index contributed by atoms with van der Waals surface area (Å²) in [6.07, 6.45) is 3.12. The summed E-state index contributed by atoms with van der Waals surface area (Å²) in [6.45, 7) is 9.86. The molecular formula is C29H31F3N8O2. The van der Waals surface area contributed by atoms with E-state index in [9.17, 15) is 18.0 Å². The normalized spacial score (nSPS) is 14.4. The zero-order valence-corrected chi connectivity index (χ0v) is 23.4. The minimum absolute atomic E-state index is 0.166. The topological polar surface area (TPSA) is 102 Å². The Kier molecular flexibility index (Phi) is 8.88. The summed E-state index contributed by atoms with van der Waals surface area (Å²) in [5.74, 6) is -0.546. The summed E-state index contributed by atoms with van der Waals surface area (Å²) in [5, 5.41) is 8.61. The standard InChI is InChI=1S/C29H31F3N8O2/c1-3-42-11-10-38-6-8-39(9-7-38)24-14-22(17-33-18-24)26-19-40(37-36-26)27-12-21(16-35-20(27)2)13-28(41)25-15-23(4-5-34-25)29(30,31)32/h4-5,12,14-19H,3,6-11,13H2,1-2H3. The number of rotatable bonds is 10. The van der Waals surface area contributed by atoms with Gasteiger partial charge in [-0.05, 0) is 43.7 Å². The quantitative estimate of drug-likeness (QED) is 0.203. The first-order valence-corrected chi connectivity index (χ1v) is 13.7. The molecule has 1 aliphatic rings. The molecule has 0 spiro atoms. The number of Topliss-reactive ketones (excluding diaryl/α,β-unsaturated/α-hetero) is 1. The van der Waals surface area contributed by atoms with Crippen molar-refractivity contribution in [3.63, 3.8) is 0 Å². The fourth-order valence-corrected chi connectivity index (χ4v) is 4.75. The molecule has 0 aromatic carbocycles. The highest BCUT2D eigenvalue weighted by Crippen LogP contribution is 2.29. The zero-order chi connectivity index (χ0) is 29.7. The Morgan fingerprint density at radius 1 is 1.05 bits per heavy atom. The maximum Gasteiger partial charge on any atom is 0.416 e. The zero-order valence-electron chi connectivity index (χ0n) is 23.4. The van der Waals surface area contributed by atoms with Gasteiger partial charge in [-0.25, -0.2) is 4.68 Å². The molecule has 0 amide bonds. The van der Waals surface area contributed by atoms with E-state index in [0.717, 1.165) is 75.5 Å². The van der Waals surface area contributed by atoms with E-state index >= 15 is 0 Å². The summed E-state index contributed by atoms with van der Waals surface area (Å²) < 4.78 is 46.3. The average molecular weight is 581 g/mol. The van der Waals surface area contributed by atoms with E-state index in [1.54, 1.807) is 30.1 Å². The van der Waals surface area contributed by atoms with Crippen LogP contribution >= 0.6 is 0 Å². The molecule has 4 aromatic heterocycles. The number of hydrogen-bond acceptors (Lipinski definition) is 9. The molecule has 1 fully saturated rings. The van der Waals surface area contributed by atoms with Crippen molar-refractivity contribution in [1.82, 2.24) is 34.8 Å². The van der Waals surface area contributed by atoms with Crippen molar-refractivity contribution in [3.05, 3.63) is 77.8 Å². The number of carbonyl (C=O) groups is 1. The van der Waals surface area contributed by atoms with Crippen molar-refractivity contribution in [2.24, 2.45) is 0 Å². The molecular weight excluding hydrogens is 549 g/mol. The number of nitrogens with zero attached hydrogens (tertiary/aromatic N) is 8. The Morgan fingerprint density at radius 2 is 1.86 bits per heavy atom. The Hall–Kier alpha value is -4.23. The summed E-state index contributed by atoms with van der Waals surface area (Å²) in [4.78, 5) is 30.1. The van der Waals surface area contributed by atoms with Crippen LogP contribution in [0.1, 0.15) is 34.2 Å². The maximum absolute atomic E-state index is 13.1. The van der Waals surface area contributed by atoms with E-state index < -0.39 is 17.5 Å². The Labute approximate surface area is 241 Å². The number of anilines is 1. The first kappa shape index (κ1) is 29.3. The summed E-state index contributed by atoms with van der Waals surface area (Å²) in [7, 11) is 0. The van der Waals surface area contributed by atoms with Gasteiger partial charge in [-0.3, -0.25) is 24.6 Å². The van der Waals surface area contributed by atoms with Crippen LogP contribution in [-0.4, -0.2) is 86.6 Å². The average Bonchev–Trinajstić information content (AvgIpc) is 3.49. The highest BCUT2D eigenvalue weighted by molar-refractivity contribution is 5.95. The first-order chi connectivity index (χ1) is 20.2. The van der Waals surface area contributed by atoms with Crippen molar-refractivity contribution < 1.29 is 22.7 Å². The smallest absolute Gasteiger partial charge is 0.380 e. The van der Waals surface area contributed by atoms with Crippen molar-refractivity contribution in [3.8, 4) is 16.9 Å². The summed E-state index contributed by atoms with van der Waals surface area (Å²) in [5.41, 5.74) is 3.02. The van der Waals surface area contributed by atoms with Crippen LogP contribution in [0.3, 0.4) is 0 Å². The first-order valence-electron chi connectivity index (χ1n) is 13.7. The monoisotopic (exact) mass is 580 g/mol. The van der Waals surface area contributed by atoms with Gasteiger partial charge in [0, 0.05) is 69.9 Å². The molecule has 1 aliphatic heterocycles. The third-order valence-electron chi connectivity index (χ3n) is 7.11. The lowest BCUT2D eigenvalue weighted by atomic mass is 10.1. The van der Waals surface area contributed by atoms with Crippen molar-refractivity contribution >= 4 is 11.5 Å². The lowest BCUT2D eigenvalue weighted by Crippen LogP contribution is -2.47. The van der Waals surface area contributed by atoms with E-state index in [1.807, 2.05) is 19.2 Å². The molecule has 10 nitrogen and oxygen atoms in total. The van der Waals surface area contributed by atoms with Gasteiger partial charge in [0.1, 0.15) is 11.4 Å². The van der Waals surface area contributed by atoms with Crippen molar-refractivity contribution in [1.29, 1.82) is 0 Å². The third-order valence-corrected chi connectivity index (χ3v) is 7.11. The van der Waals surface area contributed by atoms with Gasteiger partial charge in [0.05, 0.1) is 41.6 Å². The number of piperazine rings is 1. The molecule has 0 N–H and O–H groups in total. The second kappa shape index (κ2) is 12.7. The summed E-state index contributed by atoms with van der Waals surface area (Å²) in [6, 6.07) is 5.37. The van der Waals surface area contributed by atoms with Crippen LogP contribution in [-0.2, 0) is 17.3 Å². The van der Waals surface area contributed by atoms with Crippen molar-refractivity contribution in [2.75, 3.05) is 50.8 Å². The number of aromatic nitrogens is 6. The molecule has 0 bridgehead atoms. The number of ketones is 1. The van der Waals surface area contributed by atoms with Crippen LogP contribution in [0.5, 0.6) is 0 Å². The minimum atomic E-state index is -4.56. The molecule has 0 saturated carbocycles. The second-order valence-corrected chi connectivity index (χ2v) is 9.98. The fourth-order valence-electron chi connectivity index (χ4n) is 4.75. The summed E-state index contributed by atoms with van der Waals surface area (Å²) >= 11 is 0. The molecule has 0 atom stereocenters. The predicted octanol–water partition coefficient (Wildman–Crippen LogP) is 4.03. The Bertz CT molecular complexity index is 1530. The molecule has 5 heterocycles. The van der Waals surface area contributed by atoms with E-state index in [1.165, 1.54) is 6.20 Å². The van der Waals surface area contributed by atoms with Crippen molar-refractivity contribution in [2.45, 2.75) is 26.4 Å². The molecule has 0 unspecified atom stereocenters. The molecule has 13 heteroatoms. The van der Waals surface area contributed by atoms with Gasteiger partial charge < -0.3 is 9.64 Å². The van der Waals surface area contributed by atoms with Gasteiger partial charge in [0.15, 0.2) is 5.78 Å². The molecule has 220 valence electrons. The van der Waals surface area contributed by atoms with Gasteiger partial charge >= 0.3 is 6.18 Å². The second-order valence-electron chi connectivity index (χ2n) is 9.98. The molecule has 42 heavy (non-hydrogen) atoms. The molecule has 0 aliphatic carbocycles. The van der Waals surface area contributed by atoms with Gasteiger partial charge in [-0.1, -0.05) is 5.21 Å². The highest BCUT2D eigenvalue weighted by atomic mass is 19.4. The third kappa shape index (κ3) is 6.97. The van der Waals surface area contributed by atoms with Crippen LogP contribution in [0.4, 0.5) is 18.9 Å². The van der Waals surface area contributed by atoms with Gasteiger partial charge in [0.2, 0.25) is 0 Å². The van der Waals surface area contributed by atoms with Crippen LogP contribution in [0, 0.1) is 6.92 Å². The number of aryl methyl sites for hydroxylation is 1.